The highest BCUT2D eigenvalue weighted by molar-refractivity contribution is 5.97. The van der Waals surface area contributed by atoms with Crippen molar-refractivity contribution >= 4 is 11.6 Å². The zero-order valence-electron chi connectivity index (χ0n) is 10.7. The van der Waals surface area contributed by atoms with Gasteiger partial charge in [0, 0.05) is 17.9 Å². The molecule has 0 saturated carbocycles. The first-order chi connectivity index (χ1) is 8.52. The van der Waals surface area contributed by atoms with Crippen molar-refractivity contribution in [3.05, 3.63) is 35.8 Å². The summed E-state index contributed by atoms with van der Waals surface area (Å²) in [5, 5.41) is 14.4. The molecule has 0 fully saturated rings. The fourth-order valence-corrected chi connectivity index (χ4v) is 1.20. The van der Waals surface area contributed by atoms with Gasteiger partial charge in [0.05, 0.1) is 11.9 Å². The smallest absolute Gasteiger partial charge is 0.263 e. The summed E-state index contributed by atoms with van der Waals surface area (Å²) >= 11 is 0. The molecular formula is C13H16N4O. The first-order valence-electron chi connectivity index (χ1n) is 5.63. The Morgan fingerprint density at radius 3 is 2.72 bits per heavy atom. The van der Waals surface area contributed by atoms with Crippen molar-refractivity contribution in [2.45, 2.75) is 26.8 Å². The van der Waals surface area contributed by atoms with Crippen LogP contribution in [0.25, 0.3) is 0 Å². The molecule has 94 valence electrons. The van der Waals surface area contributed by atoms with Crippen LogP contribution in [0.15, 0.2) is 30.1 Å². The average Bonchev–Trinajstić information content (AvgIpc) is 2.31. The van der Waals surface area contributed by atoms with Crippen LogP contribution in [0, 0.1) is 18.3 Å². The molecule has 0 saturated heterocycles. The second-order valence-electron chi connectivity index (χ2n) is 4.13. The number of nitriles is 1. The molecule has 1 aromatic rings. The molecule has 0 spiro atoms. The van der Waals surface area contributed by atoms with Crippen LogP contribution >= 0.6 is 0 Å². The number of carbonyl (C=O) groups excluding carboxylic acids is 1. The van der Waals surface area contributed by atoms with Crippen LogP contribution in [0.2, 0.25) is 0 Å². The maximum atomic E-state index is 11.6. The number of carbonyl (C=O) groups is 1. The van der Waals surface area contributed by atoms with Crippen LogP contribution in [-0.2, 0) is 4.79 Å². The van der Waals surface area contributed by atoms with Gasteiger partial charge in [-0.15, -0.1) is 0 Å². The maximum absolute atomic E-state index is 11.6. The molecule has 5 heteroatoms. The Labute approximate surface area is 107 Å². The number of anilines is 1. The highest BCUT2D eigenvalue weighted by atomic mass is 16.1. The molecule has 0 atom stereocenters. The number of aryl methyl sites for hydroxylation is 1. The van der Waals surface area contributed by atoms with Gasteiger partial charge in [-0.25, -0.2) is 0 Å². The lowest BCUT2D eigenvalue weighted by atomic mass is 10.2. The molecule has 0 aliphatic rings. The van der Waals surface area contributed by atoms with E-state index in [0.29, 0.717) is 0 Å². The normalized spacial score (nSPS) is 10.9. The zero-order chi connectivity index (χ0) is 13.5. The van der Waals surface area contributed by atoms with Gasteiger partial charge >= 0.3 is 0 Å². The van der Waals surface area contributed by atoms with Gasteiger partial charge < -0.3 is 10.6 Å². The van der Waals surface area contributed by atoms with E-state index in [1.165, 1.54) is 6.20 Å². The van der Waals surface area contributed by atoms with Gasteiger partial charge in [0.25, 0.3) is 5.91 Å². The molecule has 0 aromatic carbocycles. The van der Waals surface area contributed by atoms with Crippen molar-refractivity contribution in [3.8, 4) is 6.07 Å². The fraction of sp³-hybridized carbons (Fsp3) is 0.308. The summed E-state index contributed by atoms with van der Waals surface area (Å²) in [5.74, 6) is -0.389. The fourth-order valence-electron chi connectivity index (χ4n) is 1.20. The molecule has 0 aliphatic carbocycles. The predicted molar refractivity (Wildman–Crippen MR) is 69.6 cm³/mol. The van der Waals surface area contributed by atoms with Crippen LogP contribution in [0.1, 0.15) is 19.5 Å². The van der Waals surface area contributed by atoms with Gasteiger partial charge in [-0.2, -0.15) is 5.26 Å². The number of hydrogen-bond donors (Lipinski definition) is 2. The highest BCUT2D eigenvalue weighted by Gasteiger charge is 2.09. The average molecular weight is 244 g/mol. The Bertz CT molecular complexity index is 483. The summed E-state index contributed by atoms with van der Waals surface area (Å²) in [4.78, 5) is 15.7. The quantitative estimate of drug-likeness (QED) is 0.624. The van der Waals surface area contributed by atoms with Crippen molar-refractivity contribution in [3.63, 3.8) is 0 Å². The topological polar surface area (TPSA) is 77.8 Å². The zero-order valence-corrected chi connectivity index (χ0v) is 10.7. The molecule has 2 N–H and O–H groups in total. The van der Waals surface area contributed by atoms with Gasteiger partial charge in [0.2, 0.25) is 0 Å². The number of rotatable bonds is 4. The lowest BCUT2D eigenvalue weighted by Crippen LogP contribution is -2.31. The Kier molecular flexibility index (Phi) is 4.88. The number of hydrogen-bond acceptors (Lipinski definition) is 4. The van der Waals surface area contributed by atoms with Crippen LogP contribution in [0.4, 0.5) is 5.69 Å². The Morgan fingerprint density at radius 2 is 2.22 bits per heavy atom. The number of pyridine rings is 1. The van der Waals surface area contributed by atoms with Crippen molar-refractivity contribution in [1.82, 2.24) is 10.3 Å². The Hall–Kier alpha value is -2.35. The number of nitrogens with one attached hydrogen (secondary N) is 2. The first kappa shape index (κ1) is 13.7. The van der Waals surface area contributed by atoms with E-state index in [4.69, 9.17) is 5.26 Å². The number of nitrogens with zero attached hydrogens (tertiary/aromatic N) is 2. The molecule has 1 heterocycles. The third-order valence-corrected chi connectivity index (χ3v) is 2.08. The molecule has 18 heavy (non-hydrogen) atoms. The van der Waals surface area contributed by atoms with Gasteiger partial charge in [-0.05, 0) is 32.9 Å². The Morgan fingerprint density at radius 1 is 1.50 bits per heavy atom. The van der Waals surface area contributed by atoms with Gasteiger partial charge in [-0.3, -0.25) is 9.78 Å². The summed E-state index contributed by atoms with van der Waals surface area (Å²) < 4.78 is 0. The molecule has 5 nitrogen and oxygen atoms in total. The van der Waals surface area contributed by atoms with Gasteiger partial charge in [-0.1, -0.05) is 0 Å². The van der Waals surface area contributed by atoms with Crippen molar-refractivity contribution in [1.29, 1.82) is 5.26 Å². The van der Waals surface area contributed by atoms with E-state index in [-0.39, 0.29) is 17.5 Å². The monoisotopic (exact) mass is 244 g/mol. The van der Waals surface area contributed by atoms with E-state index in [0.717, 1.165) is 11.4 Å². The van der Waals surface area contributed by atoms with E-state index in [1.807, 2.05) is 39.0 Å². The summed E-state index contributed by atoms with van der Waals surface area (Å²) in [7, 11) is 0. The third-order valence-electron chi connectivity index (χ3n) is 2.08. The van der Waals surface area contributed by atoms with Crippen molar-refractivity contribution in [2.75, 3.05) is 5.32 Å². The molecule has 0 aliphatic heterocycles. The Balaban J connectivity index is 2.72. The minimum atomic E-state index is -0.389. The lowest BCUT2D eigenvalue weighted by Gasteiger charge is -2.07. The molecule has 0 bridgehead atoms. The van der Waals surface area contributed by atoms with Gasteiger partial charge in [0.15, 0.2) is 0 Å². The van der Waals surface area contributed by atoms with E-state index >= 15 is 0 Å². The first-order valence-corrected chi connectivity index (χ1v) is 5.63. The minimum absolute atomic E-state index is 0.00436. The van der Waals surface area contributed by atoms with Crippen molar-refractivity contribution < 1.29 is 4.79 Å². The molecule has 1 rings (SSSR count). The van der Waals surface area contributed by atoms with Crippen molar-refractivity contribution in [2.24, 2.45) is 0 Å². The van der Waals surface area contributed by atoms with Gasteiger partial charge in [0.1, 0.15) is 11.6 Å². The summed E-state index contributed by atoms with van der Waals surface area (Å²) in [6, 6.07) is 5.52. The molecule has 0 radical (unpaired) electrons. The van der Waals surface area contributed by atoms with Crippen LogP contribution in [0.3, 0.4) is 0 Å². The summed E-state index contributed by atoms with van der Waals surface area (Å²) in [6.45, 7) is 5.56. The molecular weight excluding hydrogens is 228 g/mol. The highest BCUT2D eigenvalue weighted by Crippen LogP contribution is 2.06. The minimum Gasteiger partial charge on any atom is -0.359 e. The van der Waals surface area contributed by atoms with E-state index < -0.39 is 0 Å². The summed E-state index contributed by atoms with van der Waals surface area (Å²) in [6.07, 6.45) is 3.02. The van der Waals surface area contributed by atoms with E-state index in [9.17, 15) is 4.79 Å². The second-order valence-corrected chi connectivity index (χ2v) is 4.13. The molecule has 0 unspecified atom stereocenters. The molecule has 1 amide bonds. The maximum Gasteiger partial charge on any atom is 0.263 e. The molecule has 1 aromatic heterocycles. The van der Waals surface area contributed by atoms with Crippen LogP contribution < -0.4 is 10.6 Å². The van der Waals surface area contributed by atoms with Crippen LogP contribution in [-0.4, -0.2) is 16.9 Å². The summed E-state index contributed by atoms with van der Waals surface area (Å²) in [5.41, 5.74) is 1.66. The predicted octanol–water partition coefficient (Wildman–Crippen LogP) is 1.73. The van der Waals surface area contributed by atoms with E-state index in [2.05, 4.69) is 15.6 Å². The van der Waals surface area contributed by atoms with E-state index in [1.54, 1.807) is 6.20 Å². The third kappa shape index (κ3) is 4.26. The van der Waals surface area contributed by atoms with Crippen LogP contribution in [0.5, 0.6) is 0 Å². The number of amides is 1. The largest absolute Gasteiger partial charge is 0.359 e. The number of aromatic nitrogens is 1. The lowest BCUT2D eigenvalue weighted by molar-refractivity contribution is -0.117. The standard InChI is InChI=1S/C13H16N4O/c1-9(2)17-13(18)11(6-14)7-16-12-5-4-10(3)15-8-12/h4-5,7-9,16H,1-3H3,(H,17,18)/b11-7-. The SMILES string of the molecule is Cc1ccc(N/C=C(/C#N)C(=O)NC(C)C)cn1. The second kappa shape index (κ2) is 6.40.